The van der Waals surface area contributed by atoms with E-state index in [1.807, 2.05) is 0 Å². The van der Waals surface area contributed by atoms with Gasteiger partial charge in [-0.1, -0.05) is 19.1 Å². The van der Waals surface area contributed by atoms with E-state index in [0.29, 0.717) is 6.04 Å². The molecule has 0 atom stereocenters. The molecule has 0 amide bonds. The van der Waals surface area contributed by atoms with Crippen LogP contribution in [0.2, 0.25) is 0 Å². The third kappa shape index (κ3) is 1.43. The quantitative estimate of drug-likeness (QED) is 0.850. The van der Waals surface area contributed by atoms with Gasteiger partial charge in [0.2, 0.25) is 0 Å². The fraction of sp³-hybridized carbons (Fsp3) is 0.462. The van der Waals surface area contributed by atoms with E-state index >= 15 is 0 Å². The maximum Gasteiger partial charge on any atom is 0.110 e. The molecule has 1 fully saturated rings. The van der Waals surface area contributed by atoms with Gasteiger partial charge in [0, 0.05) is 19.5 Å². The van der Waals surface area contributed by atoms with Crippen LogP contribution in [-0.2, 0) is 6.42 Å². The molecule has 16 heavy (non-hydrogen) atoms. The molecule has 0 aliphatic carbocycles. The van der Waals surface area contributed by atoms with Crippen LogP contribution < -0.4 is 5.32 Å². The number of hydrogen-bond acceptors (Lipinski definition) is 2. The Kier molecular flexibility index (Phi) is 2.40. The first kappa shape index (κ1) is 9.85. The Bertz CT molecular complexity index is 497. The fourth-order valence-corrected chi connectivity index (χ4v) is 2.36. The molecule has 2 aromatic rings. The van der Waals surface area contributed by atoms with Crippen molar-refractivity contribution in [1.82, 2.24) is 14.9 Å². The van der Waals surface area contributed by atoms with Gasteiger partial charge in [-0.25, -0.2) is 4.98 Å². The molecular weight excluding hydrogens is 198 g/mol. The Labute approximate surface area is 95.5 Å². The van der Waals surface area contributed by atoms with Gasteiger partial charge in [0.25, 0.3) is 0 Å². The van der Waals surface area contributed by atoms with Crippen LogP contribution in [0.15, 0.2) is 24.3 Å². The second-order valence-electron chi connectivity index (χ2n) is 4.45. The third-order valence-electron chi connectivity index (χ3n) is 3.27. The van der Waals surface area contributed by atoms with E-state index in [0.717, 1.165) is 31.4 Å². The van der Waals surface area contributed by atoms with Crippen molar-refractivity contribution in [1.29, 1.82) is 0 Å². The predicted octanol–water partition coefficient (Wildman–Crippen LogP) is 2.13. The van der Waals surface area contributed by atoms with Gasteiger partial charge in [0.05, 0.1) is 17.1 Å². The van der Waals surface area contributed by atoms with E-state index in [2.05, 4.69) is 41.1 Å². The van der Waals surface area contributed by atoms with Gasteiger partial charge < -0.3 is 9.88 Å². The molecule has 1 saturated heterocycles. The van der Waals surface area contributed by atoms with E-state index in [1.165, 1.54) is 11.3 Å². The van der Waals surface area contributed by atoms with Crippen molar-refractivity contribution in [3.8, 4) is 0 Å². The molecule has 1 aliphatic heterocycles. The van der Waals surface area contributed by atoms with E-state index in [1.54, 1.807) is 0 Å². The largest absolute Gasteiger partial charge is 0.322 e. The number of imidazole rings is 1. The molecule has 1 aliphatic rings. The fourth-order valence-electron chi connectivity index (χ4n) is 2.36. The normalized spacial score (nSPS) is 16.6. The molecule has 1 N–H and O–H groups in total. The molecule has 1 aromatic heterocycles. The summed E-state index contributed by atoms with van der Waals surface area (Å²) in [6.07, 6.45) is 2.23. The summed E-state index contributed by atoms with van der Waals surface area (Å²) in [6.45, 7) is 4.37. The lowest BCUT2D eigenvalue weighted by Crippen LogP contribution is -2.43. The average Bonchev–Trinajstić information content (AvgIpc) is 2.56. The average molecular weight is 215 g/mol. The summed E-state index contributed by atoms with van der Waals surface area (Å²) in [6, 6.07) is 9.06. The van der Waals surface area contributed by atoms with Crippen molar-refractivity contribution in [2.24, 2.45) is 0 Å². The summed E-state index contributed by atoms with van der Waals surface area (Å²) < 4.78 is 2.43. The lowest BCUT2D eigenvalue weighted by Gasteiger charge is -2.30. The molecule has 2 heterocycles. The van der Waals surface area contributed by atoms with E-state index in [4.69, 9.17) is 4.98 Å². The maximum atomic E-state index is 4.74. The Balaban J connectivity index is 2.14. The predicted molar refractivity (Wildman–Crippen MR) is 65.6 cm³/mol. The van der Waals surface area contributed by atoms with Crippen LogP contribution in [0.4, 0.5) is 0 Å². The number of nitrogens with one attached hydrogen (secondary N) is 1. The Morgan fingerprint density at radius 3 is 2.88 bits per heavy atom. The van der Waals surface area contributed by atoms with Crippen molar-refractivity contribution in [3.63, 3.8) is 0 Å². The van der Waals surface area contributed by atoms with Crippen molar-refractivity contribution in [2.45, 2.75) is 25.8 Å². The highest BCUT2D eigenvalue weighted by Crippen LogP contribution is 2.24. The summed E-state index contributed by atoms with van der Waals surface area (Å²) >= 11 is 0. The summed E-state index contributed by atoms with van der Waals surface area (Å²) in [4.78, 5) is 4.74. The minimum Gasteiger partial charge on any atom is -0.322 e. The highest BCUT2D eigenvalue weighted by molar-refractivity contribution is 5.76. The highest BCUT2D eigenvalue weighted by Gasteiger charge is 2.23. The van der Waals surface area contributed by atoms with E-state index in [9.17, 15) is 0 Å². The van der Waals surface area contributed by atoms with Crippen LogP contribution in [0.1, 0.15) is 25.2 Å². The van der Waals surface area contributed by atoms with Crippen LogP contribution in [-0.4, -0.2) is 22.6 Å². The number of aryl methyl sites for hydroxylation is 1. The van der Waals surface area contributed by atoms with E-state index < -0.39 is 0 Å². The van der Waals surface area contributed by atoms with Crippen LogP contribution in [0.25, 0.3) is 11.0 Å². The van der Waals surface area contributed by atoms with Gasteiger partial charge in [0.15, 0.2) is 0 Å². The number of aromatic nitrogens is 2. The maximum absolute atomic E-state index is 4.74. The molecule has 0 spiro atoms. The molecular formula is C13H17N3. The molecule has 3 heteroatoms. The molecule has 0 unspecified atom stereocenters. The number of nitrogens with zero attached hydrogens (tertiary/aromatic N) is 2. The van der Waals surface area contributed by atoms with Gasteiger partial charge in [0.1, 0.15) is 5.82 Å². The zero-order valence-corrected chi connectivity index (χ0v) is 9.61. The van der Waals surface area contributed by atoms with Crippen LogP contribution in [0.3, 0.4) is 0 Å². The summed E-state index contributed by atoms with van der Waals surface area (Å²) in [5.41, 5.74) is 2.43. The topological polar surface area (TPSA) is 29.9 Å². The van der Waals surface area contributed by atoms with E-state index in [-0.39, 0.29) is 0 Å². The number of rotatable bonds is 3. The number of hydrogen-bond donors (Lipinski definition) is 1. The first-order valence-electron chi connectivity index (χ1n) is 6.06. The molecule has 0 radical (unpaired) electrons. The summed E-state index contributed by atoms with van der Waals surface area (Å²) in [7, 11) is 0. The molecule has 84 valence electrons. The Morgan fingerprint density at radius 2 is 2.19 bits per heavy atom. The van der Waals surface area contributed by atoms with Crippen molar-refractivity contribution in [3.05, 3.63) is 30.1 Å². The lowest BCUT2D eigenvalue weighted by atomic mass is 10.1. The van der Waals surface area contributed by atoms with Crippen molar-refractivity contribution in [2.75, 3.05) is 13.1 Å². The van der Waals surface area contributed by atoms with Gasteiger partial charge in [-0.15, -0.1) is 0 Å². The number of benzene rings is 1. The minimum absolute atomic E-state index is 0.606. The van der Waals surface area contributed by atoms with Gasteiger partial charge >= 0.3 is 0 Å². The zero-order valence-electron chi connectivity index (χ0n) is 9.61. The number of para-hydroxylation sites is 2. The second-order valence-corrected chi connectivity index (χ2v) is 4.45. The lowest BCUT2D eigenvalue weighted by molar-refractivity contribution is 0.342. The van der Waals surface area contributed by atoms with Gasteiger partial charge in [-0.2, -0.15) is 0 Å². The molecule has 0 saturated carbocycles. The van der Waals surface area contributed by atoms with Crippen LogP contribution >= 0.6 is 0 Å². The minimum atomic E-state index is 0.606. The van der Waals surface area contributed by atoms with Crippen LogP contribution in [0, 0.1) is 0 Å². The zero-order chi connectivity index (χ0) is 11.0. The first-order valence-corrected chi connectivity index (χ1v) is 6.06. The third-order valence-corrected chi connectivity index (χ3v) is 3.27. The number of fused-ring (bicyclic) bond motifs is 1. The Morgan fingerprint density at radius 1 is 1.38 bits per heavy atom. The van der Waals surface area contributed by atoms with Crippen LogP contribution in [0.5, 0.6) is 0 Å². The summed E-state index contributed by atoms with van der Waals surface area (Å²) in [5, 5.41) is 3.33. The van der Waals surface area contributed by atoms with Crippen molar-refractivity contribution >= 4 is 11.0 Å². The van der Waals surface area contributed by atoms with Gasteiger partial charge in [-0.3, -0.25) is 0 Å². The molecule has 3 rings (SSSR count). The molecule has 0 bridgehead atoms. The first-order chi connectivity index (χ1) is 7.90. The SMILES string of the molecule is CCCc1nc2ccccc2n1C1CNC1. The Hall–Kier alpha value is -1.35. The molecule has 1 aromatic carbocycles. The second kappa shape index (κ2) is 3.91. The highest BCUT2D eigenvalue weighted by atomic mass is 15.2. The summed E-state index contributed by atoms with van der Waals surface area (Å²) in [5.74, 6) is 1.25. The molecule has 3 nitrogen and oxygen atoms in total. The standard InChI is InChI=1S/C13H17N3/c1-2-5-13-15-11-6-3-4-7-12(11)16(13)10-8-14-9-10/h3-4,6-7,10,14H,2,5,8-9H2,1H3. The van der Waals surface area contributed by atoms with Gasteiger partial charge in [-0.05, 0) is 18.6 Å². The monoisotopic (exact) mass is 215 g/mol. The van der Waals surface area contributed by atoms with Crippen molar-refractivity contribution < 1.29 is 0 Å². The smallest absolute Gasteiger partial charge is 0.110 e.